The van der Waals surface area contributed by atoms with E-state index >= 15 is 0 Å². The third-order valence-corrected chi connectivity index (χ3v) is 5.25. The molecule has 1 N–H and O–H groups in total. The van der Waals surface area contributed by atoms with Gasteiger partial charge in [-0.3, -0.25) is 9.10 Å². The van der Waals surface area contributed by atoms with Crippen molar-refractivity contribution in [3.05, 3.63) is 54.1 Å². The van der Waals surface area contributed by atoms with Crippen molar-refractivity contribution in [3.63, 3.8) is 0 Å². The van der Waals surface area contributed by atoms with Gasteiger partial charge >= 0.3 is 6.18 Å². The molecule has 164 valence electrons. The first-order chi connectivity index (χ1) is 14.0. The van der Waals surface area contributed by atoms with Crippen molar-refractivity contribution in [1.82, 2.24) is 0 Å². The molecular formula is C20H23F3N2O4S. The summed E-state index contributed by atoms with van der Waals surface area (Å²) < 4.78 is 69.2. The number of ether oxygens (including phenoxy) is 1. The van der Waals surface area contributed by atoms with Gasteiger partial charge in [-0.15, -0.1) is 0 Å². The Morgan fingerprint density at radius 2 is 1.83 bits per heavy atom. The molecule has 0 aromatic heterocycles. The molecular weight excluding hydrogens is 421 g/mol. The lowest BCUT2D eigenvalue weighted by Gasteiger charge is -2.23. The van der Waals surface area contributed by atoms with Crippen LogP contribution in [0.25, 0.3) is 0 Å². The third-order valence-electron chi connectivity index (χ3n) is 4.06. The highest BCUT2D eigenvalue weighted by molar-refractivity contribution is 7.92. The number of nitrogens with zero attached hydrogens (tertiary/aromatic N) is 1. The van der Waals surface area contributed by atoms with Crippen LogP contribution in [-0.4, -0.2) is 33.7 Å². The van der Waals surface area contributed by atoms with E-state index in [2.05, 4.69) is 5.32 Å². The number of alkyl halides is 3. The Bertz CT molecular complexity index is 978. The predicted octanol–water partition coefficient (Wildman–Crippen LogP) is 4.29. The largest absolute Gasteiger partial charge is 0.494 e. The van der Waals surface area contributed by atoms with Crippen LogP contribution < -0.4 is 14.4 Å². The van der Waals surface area contributed by atoms with E-state index in [1.165, 1.54) is 6.07 Å². The molecule has 30 heavy (non-hydrogen) atoms. The maximum absolute atomic E-state index is 12.9. The van der Waals surface area contributed by atoms with Gasteiger partial charge < -0.3 is 10.1 Å². The number of hydrogen-bond acceptors (Lipinski definition) is 4. The van der Waals surface area contributed by atoms with Crippen molar-refractivity contribution >= 4 is 27.3 Å². The zero-order valence-electron chi connectivity index (χ0n) is 16.6. The molecule has 6 nitrogen and oxygen atoms in total. The van der Waals surface area contributed by atoms with Crippen molar-refractivity contribution in [2.75, 3.05) is 29.0 Å². The van der Waals surface area contributed by atoms with Crippen molar-refractivity contribution in [3.8, 4) is 5.75 Å². The molecule has 1 amide bonds. The molecule has 10 heteroatoms. The Labute approximate surface area is 173 Å². The highest BCUT2D eigenvalue weighted by Crippen LogP contribution is 2.32. The summed E-state index contributed by atoms with van der Waals surface area (Å²) in [6.45, 7) is 2.18. The lowest BCUT2D eigenvalue weighted by Crippen LogP contribution is -2.31. The van der Waals surface area contributed by atoms with Crippen molar-refractivity contribution in [2.45, 2.75) is 25.9 Å². The van der Waals surface area contributed by atoms with E-state index in [1.54, 1.807) is 24.3 Å². The number of halogens is 3. The van der Waals surface area contributed by atoms with E-state index in [0.29, 0.717) is 18.0 Å². The summed E-state index contributed by atoms with van der Waals surface area (Å²) >= 11 is 0. The number of rotatable bonds is 9. The van der Waals surface area contributed by atoms with Gasteiger partial charge in [0.1, 0.15) is 5.75 Å². The van der Waals surface area contributed by atoms with Gasteiger partial charge in [0.05, 0.1) is 24.1 Å². The number of nitrogens with one attached hydrogen (secondary N) is 1. The van der Waals surface area contributed by atoms with Gasteiger partial charge in [0, 0.05) is 24.7 Å². The van der Waals surface area contributed by atoms with Crippen LogP contribution in [0.1, 0.15) is 25.3 Å². The summed E-state index contributed by atoms with van der Waals surface area (Å²) in [5.74, 6) is 0.254. The van der Waals surface area contributed by atoms with Gasteiger partial charge in [0.15, 0.2) is 0 Å². The van der Waals surface area contributed by atoms with E-state index in [9.17, 15) is 26.4 Å². The summed E-state index contributed by atoms with van der Waals surface area (Å²) in [4.78, 5) is 12.2. The van der Waals surface area contributed by atoms with E-state index in [0.717, 1.165) is 28.8 Å². The number of carbonyl (C=O) groups is 1. The lowest BCUT2D eigenvalue weighted by molar-refractivity contribution is -0.137. The number of hydrogen-bond donors (Lipinski definition) is 1. The molecule has 0 fully saturated rings. The van der Waals surface area contributed by atoms with Crippen LogP contribution in [0.3, 0.4) is 0 Å². The van der Waals surface area contributed by atoms with Crippen LogP contribution in [-0.2, 0) is 21.0 Å². The van der Waals surface area contributed by atoms with Gasteiger partial charge in [0.2, 0.25) is 15.9 Å². The van der Waals surface area contributed by atoms with Crippen molar-refractivity contribution in [2.24, 2.45) is 0 Å². The Kier molecular flexibility index (Phi) is 7.71. The maximum atomic E-state index is 12.9. The van der Waals surface area contributed by atoms with E-state index < -0.39 is 21.8 Å². The molecule has 0 saturated carbocycles. The van der Waals surface area contributed by atoms with Crippen LogP contribution in [0.2, 0.25) is 0 Å². The van der Waals surface area contributed by atoms with Gasteiger partial charge in [-0.1, -0.05) is 12.1 Å². The van der Waals surface area contributed by atoms with Crippen molar-refractivity contribution in [1.29, 1.82) is 0 Å². The fourth-order valence-corrected chi connectivity index (χ4v) is 3.72. The molecule has 0 aliphatic carbocycles. The van der Waals surface area contributed by atoms with Crippen LogP contribution in [0.4, 0.5) is 24.5 Å². The molecule has 0 bridgehead atoms. The summed E-state index contributed by atoms with van der Waals surface area (Å²) in [5, 5.41) is 2.69. The zero-order chi connectivity index (χ0) is 22.4. The number of anilines is 2. The number of amides is 1. The second kappa shape index (κ2) is 9.84. The fourth-order valence-electron chi connectivity index (χ4n) is 2.76. The minimum absolute atomic E-state index is 0.0101. The van der Waals surface area contributed by atoms with Gasteiger partial charge in [-0.2, -0.15) is 13.2 Å². The molecule has 0 aliphatic rings. The summed E-state index contributed by atoms with van der Waals surface area (Å²) in [5.41, 5.74) is -0.512. The first-order valence-corrected chi connectivity index (χ1v) is 11.0. The van der Waals surface area contributed by atoms with Gasteiger partial charge in [-0.05, 0) is 43.7 Å². The van der Waals surface area contributed by atoms with Crippen molar-refractivity contribution < 1.29 is 31.1 Å². The minimum atomic E-state index is -4.59. The highest BCUT2D eigenvalue weighted by atomic mass is 32.2. The molecule has 2 rings (SSSR count). The van der Waals surface area contributed by atoms with E-state index in [4.69, 9.17) is 4.74 Å². The second-order valence-corrected chi connectivity index (χ2v) is 8.40. The Balaban J connectivity index is 2.02. The molecule has 0 saturated heterocycles. The first-order valence-electron chi connectivity index (χ1n) is 9.18. The smallest absolute Gasteiger partial charge is 0.416 e. The molecule has 2 aromatic carbocycles. The number of carbonyl (C=O) groups excluding carboxylic acids is 1. The normalized spacial score (nSPS) is 11.8. The number of benzene rings is 2. The van der Waals surface area contributed by atoms with Crippen LogP contribution in [0.15, 0.2) is 48.5 Å². The van der Waals surface area contributed by atoms with E-state index in [-0.39, 0.29) is 31.0 Å². The monoisotopic (exact) mass is 444 g/mol. The molecule has 0 spiro atoms. The first kappa shape index (κ1) is 23.5. The third kappa shape index (κ3) is 6.94. The zero-order valence-corrected chi connectivity index (χ0v) is 17.4. The Hall–Kier alpha value is -2.75. The Morgan fingerprint density at radius 1 is 1.13 bits per heavy atom. The maximum Gasteiger partial charge on any atom is 0.416 e. The lowest BCUT2D eigenvalue weighted by atomic mass is 10.2. The molecule has 0 unspecified atom stereocenters. The van der Waals surface area contributed by atoms with Gasteiger partial charge in [0.25, 0.3) is 0 Å². The molecule has 2 aromatic rings. The van der Waals surface area contributed by atoms with E-state index in [1.807, 2.05) is 6.92 Å². The number of sulfonamides is 1. The molecule has 0 radical (unpaired) electrons. The highest BCUT2D eigenvalue weighted by Gasteiger charge is 2.31. The SMILES string of the molecule is CCOc1cccc(NC(=O)CCCN(c2cccc(C(F)(F)F)c2)S(C)(=O)=O)c1. The van der Waals surface area contributed by atoms with Crippen LogP contribution >= 0.6 is 0 Å². The molecule has 0 atom stereocenters. The summed E-state index contributed by atoms with van der Waals surface area (Å²) in [6.07, 6.45) is -3.56. The second-order valence-electron chi connectivity index (χ2n) is 6.50. The molecule has 0 aliphatic heterocycles. The quantitative estimate of drug-likeness (QED) is 0.626. The van der Waals surface area contributed by atoms with Crippen LogP contribution in [0, 0.1) is 0 Å². The topological polar surface area (TPSA) is 75.7 Å². The van der Waals surface area contributed by atoms with Crippen LogP contribution in [0.5, 0.6) is 5.75 Å². The minimum Gasteiger partial charge on any atom is -0.494 e. The standard InChI is InChI=1S/C20H23F3N2O4S/c1-3-29-18-10-5-8-16(14-18)24-19(26)11-6-12-25(30(2,27)28)17-9-4-7-15(13-17)20(21,22)23/h4-5,7-10,13-14H,3,6,11-12H2,1-2H3,(H,24,26). The summed E-state index contributed by atoms with van der Waals surface area (Å²) in [6, 6.07) is 10.9. The van der Waals surface area contributed by atoms with Gasteiger partial charge in [-0.25, -0.2) is 8.42 Å². The Morgan fingerprint density at radius 3 is 2.47 bits per heavy atom. The average molecular weight is 444 g/mol. The average Bonchev–Trinajstić information content (AvgIpc) is 2.64. The molecule has 0 heterocycles. The summed E-state index contributed by atoms with van der Waals surface area (Å²) in [7, 11) is -3.83. The predicted molar refractivity (Wildman–Crippen MR) is 109 cm³/mol. The fraction of sp³-hybridized carbons (Fsp3) is 0.350.